The number of amides is 1. The van der Waals surface area contributed by atoms with Gasteiger partial charge in [0.25, 0.3) is 0 Å². The molecule has 0 bridgehead atoms. The Kier molecular flexibility index (Phi) is 4.93. The number of piperidine rings is 1. The summed E-state index contributed by atoms with van der Waals surface area (Å²) < 4.78 is 5.43. The lowest BCUT2D eigenvalue weighted by Crippen LogP contribution is -2.43. The van der Waals surface area contributed by atoms with Gasteiger partial charge in [-0.1, -0.05) is 12.1 Å². The van der Waals surface area contributed by atoms with Gasteiger partial charge >= 0.3 is 6.09 Å². The predicted molar refractivity (Wildman–Crippen MR) is 94.0 cm³/mol. The maximum Gasteiger partial charge on any atom is 0.410 e. The largest absolute Gasteiger partial charge is 0.508 e. The number of fused-ring (bicyclic) bond motifs is 1. The molecule has 1 saturated heterocycles. The summed E-state index contributed by atoms with van der Waals surface area (Å²) in [6.07, 6.45) is 0.792. The fourth-order valence-electron chi connectivity index (χ4n) is 3.64. The van der Waals surface area contributed by atoms with Crippen LogP contribution >= 0.6 is 0 Å². The molecule has 0 saturated carbocycles. The summed E-state index contributed by atoms with van der Waals surface area (Å²) in [6.45, 7) is 8.40. The molecule has 6 heteroatoms. The number of phenols is 1. The number of nitrogens with zero attached hydrogens (tertiary/aromatic N) is 2. The van der Waals surface area contributed by atoms with Gasteiger partial charge < -0.3 is 19.8 Å². The minimum absolute atomic E-state index is 0.159. The molecular formula is C19H28N2O4. The van der Waals surface area contributed by atoms with E-state index in [1.54, 1.807) is 11.0 Å². The van der Waals surface area contributed by atoms with Crippen molar-refractivity contribution >= 4 is 6.09 Å². The fourth-order valence-corrected chi connectivity index (χ4v) is 3.64. The first-order valence-corrected chi connectivity index (χ1v) is 8.95. The number of aliphatic hydroxyl groups is 1. The van der Waals surface area contributed by atoms with Crippen LogP contribution in [0.15, 0.2) is 18.2 Å². The van der Waals surface area contributed by atoms with Crippen LogP contribution in [-0.4, -0.2) is 51.3 Å². The molecule has 1 aromatic carbocycles. The van der Waals surface area contributed by atoms with Crippen LogP contribution in [0.1, 0.15) is 51.0 Å². The van der Waals surface area contributed by atoms with E-state index in [2.05, 4.69) is 0 Å². The van der Waals surface area contributed by atoms with E-state index in [1.165, 1.54) is 0 Å². The number of likely N-dealkylation sites (tertiary alicyclic amines) is 1. The lowest BCUT2D eigenvalue weighted by Gasteiger charge is -2.35. The number of rotatable bonds is 2. The molecule has 3 rings (SSSR count). The Labute approximate surface area is 149 Å². The van der Waals surface area contributed by atoms with Crippen molar-refractivity contribution in [3.63, 3.8) is 0 Å². The molecule has 2 heterocycles. The SMILES string of the molecule is CC(C)(C)OC(=O)N1CCC(CN2Cc3cccc(O)c3C2O)CC1. The molecule has 1 unspecified atom stereocenters. The first-order valence-electron chi connectivity index (χ1n) is 8.95. The van der Waals surface area contributed by atoms with E-state index in [1.807, 2.05) is 37.8 Å². The summed E-state index contributed by atoms with van der Waals surface area (Å²) in [5.74, 6) is 0.581. The van der Waals surface area contributed by atoms with Gasteiger partial charge in [0, 0.05) is 31.7 Å². The summed E-state index contributed by atoms with van der Waals surface area (Å²) in [5.41, 5.74) is 1.15. The third kappa shape index (κ3) is 4.07. The highest BCUT2D eigenvalue weighted by Crippen LogP contribution is 2.38. The normalized spacial score (nSPS) is 22.1. The number of ether oxygens (including phenoxy) is 1. The Bertz CT molecular complexity index is 633. The number of benzene rings is 1. The lowest BCUT2D eigenvalue weighted by molar-refractivity contribution is -0.00983. The molecule has 0 radical (unpaired) electrons. The van der Waals surface area contributed by atoms with Crippen molar-refractivity contribution in [2.75, 3.05) is 19.6 Å². The average Bonchev–Trinajstić information content (AvgIpc) is 2.84. The Morgan fingerprint density at radius 1 is 1.28 bits per heavy atom. The number of carbonyl (C=O) groups is 1. The van der Waals surface area contributed by atoms with E-state index in [0.29, 0.717) is 31.1 Å². The molecule has 25 heavy (non-hydrogen) atoms. The second-order valence-corrected chi connectivity index (χ2v) is 8.06. The summed E-state index contributed by atoms with van der Waals surface area (Å²) in [5, 5.41) is 20.5. The Morgan fingerprint density at radius 2 is 1.96 bits per heavy atom. The Hall–Kier alpha value is -1.79. The van der Waals surface area contributed by atoms with Gasteiger partial charge in [0.15, 0.2) is 0 Å². The molecule has 1 fully saturated rings. The van der Waals surface area contributed by atoms with Crippen LogP contribution in [0.5, 0.6) is 5.75 Å². The van der Waals surface area contributed by atoms with Gasteiger partial charge in [-0.05, 0) is 51.2 Å². The van der Waals surface area contributed by atoms with Gasteiger partial charge in [0.05, 0.1) is 0 Å². The Morgan fingerprint density at radius 3 is 2.56 bits per heavy atom. The summed E-state index contributed by atoms with van der Waals surface area (Å²) in [4.78, 5) is 15.9. The number of carbonyl (C=O) groups excluding carboxylic acids is 1. The van der Waals surface area contributed by atoms with E-state index in [-0.39, 0.29) is 11.8 Å². The highest BCUT2D eigenvalue weighted by atomic mass is 16.6. The zero-order valence-electron chi connectivity index (χ0n) is 15.2. The van der Waals surface area contributed by atoms with E-state index >= 15 is 0 Å². The third-order valence-corrected chi connectivity index (χ3v) is 4.91. The molecule has 1 aromatic rings. The van der Waals surface area contributed by atoms with Gasteiger partial charge in [-0.2, -0.15) is 0 Å². The van der Waals surface area contributed by atoms with Crippen molar-refractivity contribution in [1.82, 2.24) is 9.80 Å². The highest BCUT2D eigenvalue weighted by Gasteiger charge is 2.34. The van der Waals surface area contributed by atoms with Crippen LogP contribution in [0.4, 0.5) is 4.79 Å². The second-order valence-electron chi connectivity index (χ2n) is 8.06. The maximum absolute atomic E-state index is 12.1. The van der Waals surface area contributed by atoms with Gasteiger partial charge in [0.2, 0.25) is 0 Å². The first-order chi connectivity index (χ1) is 11.7. The predicted octanol–water partition coefficient (Wildman–Crippen LogP) is 2.85. The van der Waals surface area contributed by atoms with Gasteiger partial charge in [-0.3, -0.25) is 4.90 Å². The van der Waals surface area contributed by atoms with Crippen molar-refractivity contribution in [3.05, 3.63) is 29.3 Å². The quantitative estimate of drug-likeness (QED) is 0.860. The van der Waals surface area contributed by atoms with Gasteiger partial charge in [0.1, 0.15) is 17.6 Å². The van der Waals surface area contributed by atoms with Crippen molar-refractivity contribution in [2.45, 2.75) is 52.0 Å². The number of hydrogen-bond donors (Lipinski definition) is 2. The standard InChI is InChI=1S/C19H28N2O4/c1-19(2,3)25-18(24)20-9-7-13(8-10-20)11-21-12-14-5-4-6-15(22)16(14)17(21)23/h4-6,13,17,22-23H,7-12H2,1-3H3. The monoisotopic (exact) mass is 348 g/mol. The smallest absolute Gasteiger partial charge is 0.410 e. The molecule has 2 N–H and O–H groups in total. The topological polar surface area (TPSA) is 73.2 Å². The van der Waals surface area contributed by atoms with E-state index < -0.39 is 11.8 Å². The maximum atomic E-state index is 12.1. The van der Waals surface area contributed by atoms with Crippen molar-refractivity contribution in [3.8, 4) is 5.75 Å². The molecule has 1 amide bonds. The minimum atomic E-state index is -0.750. The second kappa shape index (κ2) is 6.84. The first kappa shape index (κ1) is 18.0. The van der Waals surface area contributed by atoms with E-state index in [9.17, 15) is 15.0 Å². The van der Waals surface area contributed by atoms with Crippen LogP contribution in [-0.2, 0) is 11.3 Å². The van der Waals surface area contributed by atoms with Crippen LogP contribution in [0.2, 0.25) is 0 Å². The average molecular weight is 348 g/mol. The molecule has 2 aliphatic rings. The zero-order chi connectivity index (χ0) is 18.2. The van der Waals surface area contributed by atoms with Gasteiger partial charge in [-0.25, -0.2) is 4.79 Å². The van der Waals surface area contributed by atoms with Crippen molar-refractivity contribution in [2.24, 2.45) is 5.92 Å². The fraction of sp³-hybridized carbons (Fsp3) is 0.632. The highest BCUT2D eigenvalue weighted by molar-refractivity contribution is 5.68. The minimum Gasteiger partial charge on any atom is -0.508 e. The van der Waals surface area contributed by atoms with Crippen molar-refractivity contribution in [1.29, 1.82) is 0 Å². The molecule has 0 aromatic heterocycles. The summed E-state index contributed by atoms with van der Waals surface area (Å²) >= 11 is 0. The van der Waals surface area contributed by atoms with E-state index in [4.69, 9.17) is 4.74 Å². The van der Waals surface area contributed by atoms with Crippen molar-refractivity contribution < 1.29 is 19.7 Å². The lowest BCUT2D eigenvalue weighted by atomic mass is 9.96. The zero-order valence-corrected chi connectivity index (χ0v) is 15.2. The molecular weight excluding hydrogens is 320 g/mol. The number of aromatic hydroxyl groups is 1. The number of phenolic OH excluding ortho intramolecular Hbond substituents is 1. The van der Waals surface area contributed by atoms with Crippen LogP contribution < -0.4 is 0 Å². The molecule has 0 spiro atoms. The molecule has 138 valence electrons. The summed E-state index contributed by atoms with van der Waals surface area (Å²) in [7, 11) is 0. The Balaban J connectivity index is 1.52. The third-order valence-electron chi connectivity index (χ3n) is 4.91. The summed E-state index contributed by atoms with van der Waals surface area (Å²) in [6, 6.07) is 5.37. The molecule has 0 aliphatic carbocycles. The van der Waals surface area contributed by atoms with Crippen LogP contribution in [0.3, 0.4) is 0 Å². The van der Waals surface area contributed by atoms with Gasteiger partial charge in [-0.15, -0.1) is 0 Å². The van der Waals surface area contributed by atoms with E-state index in [0.717, 1.165) is 24.9 Å². The molecule has 2 aliphatic heterocycles. The number of aliphatic hydroxyl groups excluding tert-OH is 1. The molecule has 6 nitrogen and oxygen atoms in total. The van der Waals surface area contributed by atoms with Crippen LogP contribution in [0.25, 0.3) is 0 Å². The molecule has 1 atom stereocenters. The number of hydrogen-bond acceptors (Lipinski definition) is 5. The van der Waals surface area contributed by atoms with Crippen LogP contribution in [0, 0.1) is 5.92 Å².